The summed E-state index contributed by atoms with van der Waals surface area (Å²) in [5.74, 6) is 0. The van der Waals surface area contributed by atoms with Gasteiger partial charge in [0.25, 0.3) is 0 Å². The second-order valence-corrected chi connectivity index (χ2v) is 5.85. The Kier molecular flexibility index (Phi) is 4.19. The molecule has 0 aliphatic heterocycles. The Hall–Kier alpha value is -1.13. The van der Waals surface area contributed by atoms with Crippen LogP contribution < -0.4 is 5.32 Å². The molecule has 0 unspecified atom stereocenters. The lowest BCUT2D eigenvalue weighted by Crippen LogP contribution is -2.13. The van der Waals surface area contributed by atoms with Gasteiger partial charge in [-0.3, -0.25) is 4.68 Å². The first-order valence-electron chi connectivity index (χ1n) is 6.39. The van der Waals surface area contributed by atoms with E-state index in [0.717, 1.165) is 25.2 Å². The van der Waals surface area contributed by atoms with Crippen LogP contribution in [0.2, 0.25) is 0 Å². The number of aryl methyl sites for hydroxylation is 3. The number of thiophene rings is 1. The summed E-state index contributed by atoms with van der Waals surface area (Å²) in [6, 6.07) is 4.45. The maximum atomic E-state index is 4.43. The third-order valence-electron chi connectivity index (χ3n) is 3.33. The first kappa shape index (κ1) is 13.3. The van der Waals surface area contributed by atoms with E-state index < -0.39 is 0 Å². The first-order chi connectivity index (χ1) is 8.61. The van der Waals surface area contributed by atoms with Crippen LogP contribution in [-0.2, 0) is 26.6 Å². The van der Waals surface area contributed by atoms with Crippen molar-refractivity contribution in [2.24, 2.45) is 7.05 Å². The van der Waals surface area contributed by atoms with E-state index in [9.17, 15) is 0 Å². The molecule has 0 radical (unpaired) electrons. The third-order valence-corrected chi connectivity index (χ3v) is 4.56. The Balaban J connectivity index is 1.92. The van der Waals surface area contributed by atoms with Gasteiger partial charge in [0, 0.05) is 41.1 Å². The highest BCUT2D eigenvalue weighted by Gasteiger charge is 2.08. The summed E-state index contributed by atoms with van der Waals surface area (Å²) in [5.41, 5.74) is 3.70. The predicted molar refractivity (Wildman–Crippen MR) is 76.9 cm³/mol. The molecule has 0 aliphatic rings. The molecule has 2 rings (SSSR count). The zero-order valence-electron chi connectivity index (χ0n) is 11.6. The topological polar surface area (TPSA) is 29.9 Å². The fourth-order valence-corrected chi connectivity index (χ4v) is 3.02. The van der Waals surface area contributed by atoms with Crippen molar-refractivity contribution in [2.75, 3.05) is 0 Å². The van der Waals surface area contributed by atoms with Gasteiger partial charge in [0.05, 0.1) is 5.69 Å². The minimum atomic E-state index is 0.894. The Morgan fingerprint density at radius 1 is 1.22 bits per heavy atom. The first-order valence-corrected chi connectivity index (χ1v) is 7.20. The van der Waals surface area contributed by atoms with Crippen LogP contribution >= 0.6 is 11.3 Å². The highest BCUT2D eigenvalue weighted by atomic mass is 32.1. The molecule has 0 saturated heterocycles. The van der Waals surface area contributed by atoms with Crippen molar-refractivity contribution in [3.05, 3.63) is 38.8 Å². The monoisotopic (exact) mass is 263 g/mol. The van der Waals surface area contributed by atoms with Crippen LogP contribution in [0.5, 0.6) is 0 Å². The van der Waals surface area contributed by atoms with Crippen molar-refractivity contribution >= 4 is 11.3 Å². The molecule has 2 aromatic rings. The quantitative estimate of drug-likeness (QED) is 0.899. The highest BCUT2D eigenvalue weighted by molar-refractivity contribution is 7.11. The van der Waals surface area contributed by atoms with Crippen LogP contribution in [0, 0.1) is 13.8 Å². The summed E-state index contributed by atoms with van der Waals surface area (Å²) < 4.78 is 1.95. The Labute approximate surface area is 113 Å². The zero-order valence-corrected chi connectivity index (χ0v) is 12.4. The van der Waals surface area contributed by atoms with Gasteiger partial charge in [-0.15, -0.1) is 11.3 Å². The molecular formula is C14H21N3S. The molecule has 0 aromatic carbocycles. The zero-order chi connectivity index (χ0) is 13.1. The second-order valence-electron chi connectivity index (χ2n) is 4.60. The number of hydrogen-bond acceptors (Lipinski definition) is 3. The number of aromatic nitrogens is 2. The highest BCUT2D eigenvalue weighted by Crippen LogP contribution is 2.17. The van der Waals surface area contributed by atoms with E-state index in [0.29, 0.717) is 0 Å². The van der Waals surface area contributed by atoms with Crippen LogP contribution in [0.25, 0.3) is 0 Å². The lowest BCUT2D eigenvalue weighted by Gasteiger charge is -2.04. The minimum absolute atomic E-state index is 0.894. The Morgan fingerprint density at radius 3 is 2.50 bits per heavy atom. The van der Waals surface area contributed by atoms with Crippen molar-refractivity contribution in [1.29, 1.82) is 0 Å². The maximum Gasteiger partial charge on any atom is 0.0641 e. The van der Waals surface area contributed by atoms with Gasteiger partial charge in [-0.25, -0.2) is 0 Å². The largest absolute Gasteiger partial charge is 0.308 e. The molecule has 3 nitrogen and oxygen atoms in total. The van der Waals surface area contributed by atoms with E-state index in [1.54, 1.807) is 0 Å². The minimum Gasteiger partial charge on any atom is -0.308 e. The van der Waals surface area contributed by atoms with E-state index in [-0.39, 0.29) is 0 Å². The second kappa shape index (κ2) is 5.67. The van der Waals surface area contributed by atoms with Gasteiger partial charge < -0.3 is 5.32 Å². The Bertz CT molecular complexity index is 525. The van der Waals surface area contributed by atoms with Crippen LogP contribution in [0.3, 0.4) is 0 Å². The van der Waals surface area contributed by atoms with Crippen LogP contribution in [0.1, 0.15) is 33.6 Å². The van der Waals surface area contributed by atoms with Gasteiger partial charge in [0.1, 0.15) is 0 Å². The molecule has 0 atom stereocenters. The SMILES string of the molecule is CCc1ccc(CNCc2c(C)nn(C)c2C)s1. The number of rotatable bonds is 5. The smallest absolute Gasteiger partial charge is 0.0641 e. The van der Waals surface area contributed by atoms with Crippen LogP contribution in [0.15, 0.2) is 12.1 Å². The average molecular weight is 263 g/mol. The molecule has 2 heterocycles. The Morgan fingerprint density at radius 2 is 1.94 bits per heavy atom. The van der Waals surface area contributed by atoms with Gasteiger partial charge in [0.15, 0.2) is 0 Å². The number of nitrogens with one attached hydrogen (secondary N) is 1. The molecule has 0 fully saturated rings. The summed E-state index contributed by atoms with van der Waals surface area (Å²) in [4.78, 5) is 2.87. The van der Waals surface area contributed by atoms with Crippen molar-refractivity contribution in [2.45, 2.75) is 40.3 Å². The van der Waals surface area contributed by atoms with Crippen LogP contribution in [0.4, 0.5) is 0 Å². The fraction of sp³-hybridized carbons (Fsp3) is 0.500. The molecule has 0 spiro atoms. The predicted octanol–water partition coefficient (Wildman–Crippen LogP) is 2.95. The van der Waals surface area contributed by atoms with Gasteiger partial charge in [-0.05, 0) is 32.4 Å². The van der Waals surface area contributed by atoms with Crippen molar-refractivity contribution in [3.8, 4) is 0 Å². The van der Waals surface area contributed by atoms with Crippen molar-refractivity contribution in [3.63, 3.8) is 0 Å². The van der Waals surface area contributed by atoms with Gasteiger partial charge >= 0.3 is 0 Å². The molecule has 0 aliphatic carbocycles. The molecule has 0 saturated carbocycles. The third kappa shape index (κ3) is 2.82. The summed E-state index contributed by atoms with van der Waals surface area (Å²) >= 11 is 1.90. The molecule has 0 bridgehead atoms. The van der Waals surface area contributed by atoms with E-state index >= 15 is 0 Å². The maximum absolute atomic E-state index is 4.43. The molecule has 98 valence electrons. The van der Waals surface area contributed by atoms with E-state index in [4.69, 9.17) is 0 Å². The molecule has 0 amide bonds. The van der Waals surface area contributed by atoms with Gasteiger partial charge in [-0.2, -0.15) is 5.10 Å². The summed E-state index contributed by atoms with van der Waals surface area (Å²) in [6.07, 6.45) is 1.13. The summed E-state index contributed by atoms with van der Waals surface area (Å²) in [7, 11) is 2.00. The summed E-state index contributed by atoms with van der Waals surface area (Å²) in [5, 5.41) is 7.94. The molecular weight excluding hydrogens is 242 g/mol. The molecule has 1 N–H and O–H groups in total. The van der Waals surface area contributed by atoms with E-state index in [1.165, 1.54) is 21.0 Å². The lowest BCUT2D eigenvalue weighted by atomic mass is 10.2. The van der Waals surface area contributed by atoms with Gasteiger partial charge in [0.2, 0.25) is 0 Å². The van der Waals surface area contributed by atoms with Crippen molar-refractivity contribution < 1.29 is 0 Å². The van der Waals surface area contributed by atoms with Crippen molar-refractivity contribution in [1.82, 2.24) is 15.1 Å². The fourth-order valence-electron chi connectivity index (χ4n) is 2.09. The standard InChI is InChI=1S/C14H21N3S/c1-5-12-6-7-13(18-12)8-15-9-14-10(2)16-17(4)11(14)3/h6-7,15H,5,8-9H2,1-4H3. The van der Waals surface area contributed by atoms with E-state index in [2.05, 4.69) is 43.3 Å². The average Bonchev–Trinajstić information content (AvgIpc) is 2.89. The molecule has 2 aromatic heterocycles. The number of hydrogen-bond donors (Lipinski definition) is 1. The summed E-state index contributed by atoms with van der Waals surface area (Å²) in [6.45, 7) is 8.23. The molecule has 18 heavy (non-hydrogen) atoms. The van der Waals surface area contributed by atoms with Gasteiger partial charge in [-0.1, -0.05) is 6.92 Å². The normalized spacial score (nSPS) is 11.1. The number of nitrogens with zero attached hydrogens (tertiary/aromatic N) is 2. The molecule has 4 heteroatoms. The lowest BCUT2D eigenvalue weighted by molar-refractivity contribution is 0.690. The van der Waals surface area contributed by atoms with Crippen LogP contribution in [-0.4, -0.2) is 9.78 Å². The van der Waals surface area contributed by atoms with E-state index in [1.807, 2.05) is 23.1 Å².